The molecule has 0 heterocycles. The van der Waals surface area contributed by atoms with Crippen molar-refractivity contribution in [3.05, 3.63) is 53.6 Å². The topological polar surface area (TPSA) is 54.4 Å². The minimum atomic E-state index is -1.20. The molecule has 1 aromatic rings. The summed E-state index contributed by atoms with van der Waals surface area (Å²) in [5.41, 5.74) is 0.735. The highest BCUT2D eigenvalue weighted by Gasteiger charge is 2.10. The normalized spacial score (nSPS) is 11.7. The molecule has 1 aromatic carbocycles. The van der Waals surface area contributed by atoms with Crippen molar-refractivity contribution >= 4 is 17.8 Å². The molecule has 0 saturated carbocycles. The maximum Gasteiger partial charge on any atom is 0.339 e. The molecule has 0 unspecified atom stereocenters. The van der Waals surface area contributed by atoms with Crippen LogP contribution >= 0.6 is 0 Å². The summed E-state index contributed by atoms with van der Waals surface area (Å²) in [5.74, 6) is -1.66. The van der Waals surface area contributed by atoms with E-state index in [0.717, 1.165) is 5.56 Å². The van der Waals surface area contributed by atoms with E-state index in [4.69, 9.17) is 5.11 Å². The van der Waals surface area contributed by atoms with Crippen LogP contribution in [0.3, 0.4) is 0 Å². The Morgan fingerprint density at radius 3 is 2.31 bits per heavy atom. The Kier molecular flexibility index (Phi) is 4.21. The molecule has 1 N–H and O–H groups in total. The zero-order chi connectivity index (χ0) is 12.0. The number of allylic oxidation sites excluding steroid dienone is 2. The van der Waals surface area contributed by atoms with E-state index in [1.54, 1.807) is 12.2 Å². The second-order valence-electron chi connectivity index (χ2n) is 3.21. The summed E-state index contributed by atoms with van der Waals surface area (Å²) in [6, 6.07) is 9.43. The van der Waals surface area contributed by atoms with E-state index in [9.17, 15) is 9.59 Å². The number of Topliss-reactive ketones (excluding diaryl/α,β-unsaturated/α-hetero) is 1. The fourth-order valence-corrected chi connectivity index (χ4v) is 1.16. The van der Waals surface area contributed by atoms with E-state index in [1.807, 2.05) is 30.3 Å². The maximum atomic E-state index is 10.9. The summed E-state index contributed by atoms with van der Waals surface area (Å²) >= 11 is 0. The first kappa shape index (κ1) is 11.9. The number of hydrogen-bond acceptors (Lipinski definition) is 2. The monoisotopic (exact) mass is 216 g/mol. The lowest BCUT2D eigenvalue weighted by molar-refractivity contribution is -0.134. The second-order valence-corrected chi connectivity index (χ2v) is 3.21. The van der Waals surface area contributed by atoms with Crippen molar-refractivity contribution in [2.24, 2.45) is 0 Å². The highest BCUT2D eigenvalue weighted by atomic mass is 16.4. The lowest BCUT2D eigenvalue weighted by atomic mass is 10.1. The Hall–Kier alpha value is -2.16. The number of carboxylic acid groups (broad SMARTS) is 1. The minimum Gasteiger partial charge on any atom is -0.478 e. The fraction of sp³-hybridized carbons (Fsp3) is 0.0769. The Balaban J connectivity index is 2.82. The van der Waals surface area contributed by atoms with Gasteiger partial charge >= 0.3 is 5.97 Å². The zero-order valence-corrected chi connectivity index (χ0v) is 8.88. The number of carbonyl (C=O) groups excluding carboxylic acids is 1. The SMILES string of the molecule is CC(=O)/C(=C\C=C\c1ccccc1)C(=O)O. The van der Waals surface area contributed by atoms with Gasteiger partial charge in [-0.3, -0.25) is 4.79 Å². The smallest absolute Gasteiger partial charge is 0.339 e. The van der Waals surface area contributed by atoms with Crippen LogP contribution < -0.4 is 0 Å². The van der Waals surface area contributed by atoms with Gasteiger partial charge in [0, 0.05) is 0 Å². The van der Waals surface area contributed by atoms with Gasteiger partial charge in [-0.05, 0) is 18.6 Å². The number of benzene rings is 1. The summed E-state index contributed by atoms with van der Waals surface area (Å²) in [6.07, 6.45) is 4.60. The molecular formula is C13H12O3. The number of carboxylic acids is 1. The molecule has 0 bridgehead atoms. The lowest BCUT2D eigenvalue weighted by Crippen LogP contribution is -2.08. The number of carbonyl (C=O) groups is 2. The fourth-order valence-electron chi connectivity index (χ4n) is 1.16. The average Bonchev–Trinajstić information content (AvgIpc) is 2.24. The van der Waals surface area contributed by atoms with E-state index in [-0.39, 0.29) is 5.57 Å². The first-order valence-corrected chi connectivity index (χ1v) is 4.79. The number of aliphatic carboxylic acids is 1. The first-order valence-electron chi connectivity index (χ1n) is 4.79. The molecule has 0 amide bonds. The Labute approximate surface area is 93.7 Å². The third kappa shape index (κ3) is 3.53. The third-order valence-corrected chi connectivity index (χ3v) is 1.96. The number of ketones is 1. The largest absolute Gasteiger partial charge is 0.478 e. The van der Waals surface area contributed by atoms with E-state index >= 15 is 0 Å². The average molecular weight is 216 g/mol. The van der Waals surface area contributed by atoms with Crippen LogP contribution in [0.5, 0.6) is 0 Å². The molecule has 0 saturated heterocycles. The van der Waals surface area contributed by atoms with Crippen molar-refractivity contribution in [3.63, 3.8) is 0 Å². The van der Waals surface area contributed by atoms with Crippen molar-refractivity contribution in [2.75, 3.05) is 0 Å². The van der Waals surface area contributed by atoms with Gasteiger partial charge in [-0.2, -0.15) is 0 Å². The zero-order valence-electron chi connectivity index (χ0n) is 8.88. The van der Waals surface area contributed by atoms with Crippen LogP contribution in [0, 0.1) is 0 Å². The van der Waals surface area contributed by atoms with Gasteiger partial charge < -0.3 is 5.11 Å². The van der Waals surface area contributed by atoms with E-state index < -0.39 is 11.8 Å². The quantitative estimate of drug-likeness (QED) is 0.363. The van der Waals surface area contributed by atoms with Crippen LogP contribution in [0.1, 0.15) is 12.5 Å². The summed E-state index contributed by atoms with van der Waals surface area (Å²) in [6.45, 7) is 1.23. The molecule has 3 nitrogen and oxygen atoms in total. The van der Waals surface area contributed by atoms with E-state index in [0.29, 0.717) is 0 Å². The van der Waals surface area contributed by atoms with Gasteiger partial charge in [0.05, 0.1) is 0 Å². The van der Waals surface area contributed by atoms with Gasteiger partial charge in [0.2, 0.25) is 0 Å². The Morgan fingerprint density at radius 2 is 1.81 bits per heavy atom. The Bertz CT molecular complexity index is 426. The van der Waals surface area contributed by atoms with Crippen LogP contribution in [0.4, 0.5) is 0 Å². The van der Waals surface area contributed by atoms with Gasteiger partial charge in [0.25, 0.3) is 0 Å². The molecule has 0 aliphatic heterocycles. The standard InChI is InChI=1S/C13H12O3/c1-10(14)12(13(15)16)9-5-8-11-6-3-2-4-7-11/h2-9H,1H3,(H,15,16)/b8-5+,12-9+. The molecule has 82 valence electrons. The van der Waals surface area contributed by atoms with Gasteiger partial charge in [-0.15, -0.1) is 0 Å². The molecule has 0 aromatic heterocycles. The van der Waals surface area contributed by atoms with Crippen molar-refractivity contribution in [3.8, 4) is 0 Å². The lowest BCUT2D eigenvalue weighted by Gasteiger charge is -1.93. The van der Waals surface area contributed by atoms with Crippen LogP contribution in [0.25, 0.3) is 6.08 Å². The van der Waals surface area contributed by atoms with Crippen molar-refractivity contribution in [1.29, 1.82) is 0 Å². The molecule has 0 fully saturated rings. The van der Waals surface area contributed by atoms with Gasteiger partial charge in [0.1, 0.15) is 5.57 Å². The van der Waals surface area contributed by atoms with Crippen molar-refractivity contribution in [1.82, 2.24) is 0 Å². The molecule has 0 atom stereocenters. The molecule has 1 rings (SSSR count). The summed E-state index contributed by atoms with van der Waals surface area (Å²) < 4.78 is 0. The first-order chi connectivity index (χ1) is 7.61. The maximum absolute atomic E-state index is 10.9. The minimum absolute atomic E-state index is 0.216. The van der Waals surface area contributed by atoms with Gasteiger partial charge in [-0.25, -0.2) is 4.79 Å². The number of hydrogen-bond donors (Lipinski definition) is 1. The molecule has 0 spiro atoms. The third-order valence-electron chi connectivity index (χ3n) is 1.96. The predicted molar refractivity (Wildman–Crippen MR) is 61.9 cm³/mol. The predicted octanol–water partition coefficient (Wildman–Crippen LogP) is 2.30. The highest BCUT2D eigenvalue weighted by Crippen LogP contribution is 2.03. The molecule has 0 radical (unpaired) electrons. The highest BCUT2D eigenvalue weighted by molar-refractivity contribution is 6.15. The number of rotatable bonds is 4. The van der Waals surface area contributed by atoms with Gasteiger partial charge in [-0.1, -0.05) is 42.5 Å². The van der Waals surface area contributed by atoms with Crippen LogP contribution in [-0.2, 0) is 9.59 Å². The van der Waals surface area contributed by atoms with E-state index in [2.05, 4.69) is 0 Å². The second kappa shape index (κ2) is 5.66. The summed E-state index contributed by atoms with van der Waals surface area (Å²) in [7, 11) is 0. The van der Waals surface area contributed by atoms with Crippen LogP contribution in [-0.4, -0.2) is 16.9 Å². The summed E-state index contributed by atoms with van der Waals surface area (Å²) in [4.78, 5) is 21.6. The molecule has 0 aliphatic carbocycles. The van der Waals surface area contributed by atoms with Crippen molar-refractivity contribution < 1.29 is 14.7 Å². The molecular weight excluding hydrogens is 204 g/mol. The molecule has 16 heavy (non-hydrogen) atoms. The van der Waals surface area contributed by atoms with E-state index in [1.165, 1.54) is 13.0 Å². The van der Waals surface area contributed by atoms with Crippen LogP contribution in [0.15, 0.2) is 48.1 Å². The van der Waals surface area contributed by atoms with Crippen molar-refractivity contribution in [2.45, 2.75) is 6.92 Å². The summed E-state index contributed by atoms with van der Waals surface area (Å²) in [5, 5.41) is 8.72. The molecule has 0 aliphatic rings. The molecule has 3 heteroatoms. The van der Waals surface area contributed by atoms with Gasteiger partial charge in [0.15, 0.2) is 5.78 Å². The van der Waals surface area contributed by atoms with Crippen LogP contribution in [0.2, 0.25) is 0 Å². The Morgan fingerprint density at radius 1 is 1.19 bits per heavy atom.